The van der Waals surface area contributed by atoms with Gasteiger partial charge in [0.25, 0.3) is 0 Å². The van der Waals surface area contributed by atoms with Crippen molar-refractivity contribution in [3.8, 4) is 0 Å². The summed E-state index contributed by atoms with van der Waals surface area (Å²) in [4.78, 5) is 22.7. The molecule has 2 aromatic rings. The van der Waals surface area contributed by atoms with Crippen molar-refractivity contribution in [1.82, 2.24) is 15.2 Å². The lowest BCUT2D eigenvalue weighted by Crippen LogP contribution is -2.52. The molecule has 8 heteroatoms. The van der Waals surface area contributed by atoms with E-state index in [1.807, 2.05) is 30.2 Å². The number of piperazine rings is 1. The van der Waals surface area contributed by atoms with Crippen LogP contribution in [0.2, 0.25) is 0 Å². The van der Waals surface area contributed by atoms with Crippen LogP contribution in [0.5, 0.6) is 0 Å². The molecule has 0 bridgehead atoms. The molecule has 0 saturated carbocycles. The van der Waals surface area contributed by atoms with Crippen LogP contribution in [-0.4, -0.2) is 48.6 Å². The fourth-order valence-corrected chi connectivity index (χ4v) is 3.79. The Kier molecular flexibility index (Phi) is 5.24. The number of fused-ring (bicyclic) bond motifs is 1. The second-order valence-corrected chi connectivity index (χ2v) is 7.16. The molecule has 1 saturated heterocycles. The van der Waals surface area contributed by atoms with Gasteiger partial charge in [-0.25, -0.2) is 14.2 Å². The fraction of sp³-hybridized carbons (Fsp3) is 0.333. The average Bonchev–Trinajstić information content (AvgIpc) is 2.74. The maximum absolute atomic E-state index is 13.3. The van der Waals surface area contributed by atoms with Gasteiger partial charge in [-0.3, -0.25) is 0 Å². The van der Waals surface area contributed by atoms with E-state index in [-0.39, 0.29) is 11.8 Å². The number of aromatic nitrogens is 1. The van der Waals surface area contributed by atoms with E-state index >= 15 is 0 Å². The van der Waals surface area contributed by atoms with E-state index in [2.05, 4.69) is 20.1 Å². The Morgan fingerprint density at radius 2 is 1.93 bits per heavy atom. The molecular formula is C21H25FN6O. The number of nitrogens with one attached hydrogen (secondary N) is 1. The molecule has 1 fully saturated rings. The van der Waals surface area contributed by atoms with Crippen LogP contribution in [-0.2, 0) is 6.54 Å². The number of pyridine rings is 1. The van der Waals surface area contributed by atoms with Crippen LogP contribution >= 0.6 is 0 Å². The van der Waals surface area contributed by atoms with Gasteiger partial charge in [-0.05, 0) is 37.3 Å². The van der Waals surface area contributed by atoms with Gasteiger partial charge in [-0.1, -0.05) is 0 Å². The van der Waals surface area contributed by atoms with E-state index in [1.165, 1.54) is 12.1 Å². The minimum absolute atomic E-state index is 0.0196. The summed E-state index contributed by atoms with van der Waals surface area (Å²) in [5.41, 5.74) is 9.95. The third-order valence-electron chi connectivity index (χ3n) is 5.29. The number of carbonyl (C=O) groups excluding carboxylic acids is 1. The number of hydrogen-bond donors (Lipinski definition) is 2. The first-order chi connectivity index (χ1) is 14.0. The second-order valence-electron chi connectivity index (χ2n) is 7.16. The number of halogens is 1. The van der Waals surface area contributed by atoms with Crippen LogP contribution in [0.3, 0.4) is 0 Å². The van der Waals surface area contributed by atoms with Crippen molar-refractivity contribution in [1.29, 1.82) is 0 Å². The topological polar surface area (TPSA) is 77.7 Å². The predicted octanol–water partition coefficient (Wildman–Crippen LogP) is 2.65. The summed E-state index contributed by atoms with van der Waals surface area (Å²) in [7, 11) is 0. The molecule has 2 amide bonds. The number of hydrogen-bond acceptors (Lipinski definition) is 5. The number of benzene rings is 1. The zero-order chi connectivity index (χ0) is 20.4. The second kappa shape index (κ2) is 7.98. The van der Waals surface area contributed by atoms with Crippen LogP contribution in [0.25, 0.3) is 6.08 Å². The van der Waals surface area contributed by atoms with E-state index in [1.54, 1.807) is 12.1 Å². The summed E-state index contributed by atoms with van der Waals surface area (Å²) in [6, 6.07) is 8.33. The van der Waals surface area contributed by atoms with Gasteiger partial charge in [0.2, 0.25) is 0 Å². The van der Waals surface area contributed by atoms with Crippen LogP contribution in [0, 0.1) is 5.82 Å². The first kappa shape index (κ1) is 19.0. The molecule has 3 heterocycles. The third kappa shape index (κ3) is 3.96. The number of nitrogen functional groups attached to an aromatic ring is 1. The maximum atomic E-state index is 13.3. The number of nitrogens with two attached hydrogens (primary N) is 1. The van der Waals surface area contributed by atoms with Crippen molar-refractivity contribution in [3.63, 3.8) is 0 Å². The van der Waals surface area contributed by atoms with Gasteiger partial charge < -0.3 is 25.8 Å². The van der Waals surface area contributed by atoms with Gasteiger partial charge in [0.15, 0.2) is 0 Å². The van der Waals surface area contributed by atoms with Crippen molar-refractivity contribution in [2.75, 3.05) is 48.3 Å². The summed E-state index contributed by atoms with van der Waals surface area (Å²) in [5.74, 6) is 0.222. The summed E-state index contributed by atoms with van der Waals surface area (Å²) >= 11 is 0. The smallest absolute Gasteiger partial charge is 0.317 e. The lowest BCUT2D eigenvalue weighted by Gasteiger charge is -2.38. The Bertz CT molecular complexity index is 922. The first-order valence-corrected chi connectivity index (χ1v) is 9.82. The molecular weight excluding hydrogens is 371 g/mol. The summed E-state index contributed by atoms with van der Waals surface area (Å²) < 4.78 is 13.3. The molecule has 7 nitrogen and oxygen atoms in total. The van der Waals surface area contributed by atoms with Crippen molar-refractivity contribution in [2.45, 2.75) is 13.5 Å². The van der Waals surface area contributed by atoms with E-state index < -0.39 is 0 Å². The quantitative estimate of drug-likeness (QED) is 0.834. The van der Waals surface area contributed by atoms with Gasteiger partial charge in [0.05, 0.1) is 12.2 Å². The highest BCUT2D eigenvalue weighted by molar-refractivity contribution is 5.75. The highest BCUT2D eigenvalue weighted by atomic mass is 19.1. The predicted molar refractivity (Wildman–Crippen MR) is 113 cm³/mol. The van der Waals surface area contributed by atoms with Gasteiger partial charge in [0.1, 0.15) is 11.6 Å². The molecule has 3 N–H and O–H groups in total. The minimum atomic E-state index is -0.254. The molecule has 2 aliphatic rings. The molecule has 0 unspecified atom stereocenters. The largest absolute Gasteiger partial charge is 0.384 e. The number of carbonyl (C=O) groups is 1. The standard InChI is InChI=1S/C21H25FN6O/c1-2-24-21(29)27-11-9-26(10-12-27)19-13-20(23)25-18-7-8-28(14-17(18)19)16-5-3-15(22)4-6-16/h3-8,13H,2,9-12,14H2,1H3,(H2,23,25)(H,24,29). The Morgan fingerprint density at radius 1 is 1.21 bits per heavy atom. The molecule has 1 aromatic heterocycles. The molecule has 0 atom stereocenters. The number of urea groups is 1. The number of amides is 2. The zero-order valence-corrected chi connectivity index (χ0v) is 16.4. The highest BCUT2D eigenvalue weighted by Crippen LogP contribution is 2.33. The molecule has 29 heavy (non-hydrogen) atoms. The molecule has 0 radical (unpaired) electrons. The average molecular weight is 396 g/mol. The van der Waals surface area contributed by atoms with Crippen LogP contribution in [0.1, 0.15) is 18.2 Å². The Balaban J connectivity index is 1.56. The number of anilines is 3. The third-order valence-corrected chi connectivity index (χ3v) is 5.29. The van der Waals surface area contributed by atoms with E-state index in [9.17, 15) is 9.18 Å². The summed E-state index contributed by atoms with van der Waals surface area (Å²) in [6.45, 7) is 5.93. The van der Waals surface area contributed by atoms with Crippen molar-refractivity contribution < 1.29 is 9.18 Å². The maximum Gasteiger partial charge on any atom is 0.317 e. The van der Waals surface area contributed by atoms with Gasteiger partial charge in [-0.15, -0.1) is 0 Å². The van der Waals surface area contributed by atoms with Crippen molar-refractivity contribution >= 4 is 29.3 Å². The van der Waals surface area contributed by atoms with Crippen LogP contribution in [0.15, 0.2) is 36.5 Å². The monoisotopic (exact) mass is 396 g/mol. The van der Waals surface area contributed by atoms with Gasteiger partial charge in [0, 0.05) is 61.9 Å². The lowest BCUT2D eigenvalue weighted by atomic mass is 10.0. The molecule has 152 valence electrons. The van der Waals surface area contributed by atoms with Crippen molar-refractivity contribution in [3.05, 3.63) is 53.6 Å². The van der Waals surface area contributed by atoms with Crippen LogP contribution in [0.4, 0.5) is 26.4 Å². The lowest BCUT2D eigenvalue weighted by molar-refractivity contribution is 0.195. The zero-order valence-electron chi connectivity index (χ0n) is 16.4. The summed E-state index contributed by atoms with van der Waals surface area (Å²) in [6.07, 6.45) is 3.88. The van der Waals surface area contributed by atoms with E-state index in [0.717, 1.165) is 35.7 Å². The van der Waals surface area contributed by atoms with Gasteiger partial charge >= 0.3 is 6.03 Å². The Hall–Kier alpha value is -3.29. The van der Waals surface area contributed by atoms with Crippen molar-refractivity contribution in [2.24, 2.45) is 0 Å². The highest BCUT2D eigenvalue weighted by Gasteiger charge is 2.25. The minimum Gasteiger partial charge on any atom is -0.384 e. The first-order valence-electron chi connectivity index (χ1n) is 9.82. The fourth-order valence-electron chi connectivity index (χ4n) is 3.79. The normalized spacial score (nSPS) is 16.0. The molecule has 1 aromatic carbocycles. The molecule has 0 aliphatic carbocycles. The molecule has 2 aliphatic heterocycles. The van der Waals surface area contributed by atoms with Gasteiger partial charge in [-0.2, -0.15) is 0 Å². The molecule has 4 rings (SSSR count). The SMILES string of the molecule is CCNC(=O)N1CCN(c2cc(N)nc3c2CN(c2ccc(F)cc2)C=C3)CC1. The van der Waals surface area contributed by atoms with Crippen LogP contribution < -0.4 is 20.9 Å². The Morgan fingerprint density at radius 3 is 2.62 bits per heavy atom. The van der Waals surface area contributed by atoms with E-state index in [4.69, 9.17) is 5.73 Å². The van der Waals surface area contributed by atoms with E-state index in [0.29, 0.717) is 32.0 Å². The number of nitrogens with zero attached hydrogens (tertiary/aromatic N) is 4. The molecule has 0 spiro atoms. The summed E-state index contributed by atoms with van der Waals surface area (Å²) in [5, 5.41) is 2.85. The Labute approximate surface area is 169 Å². The number of rotatable bonds is 3.